The predicted octanol–water partition coefficient (Wildman–Crippen LogP) is 5.20. The summed E-state index contributed by atoms with van der Waals surface area (Å²) >= 11 is 0. The van der Waals surface area contributed by atoms with Crippen molar-refractivity contribution in [2.45, 2.75) is 52.9 Å². The Bertz CT molecular complexity index is 652. The van der Waals surface area contributed by atoms with Gasteiger partial charge in [-0.3, -0.25) is 9.80 Å². The van der Waals surface area contributed by atoms with Gasteiger partial charge >= 0.3 is 0 Å². The average molecular weight is 348 g/mol. The second kappa shape index (κ2) is 8.81. The first-order chi connectivity index (χ1) is 11.3. The molecule has 0 amide bonds. The van der Waals surface area contributed by atoms with Crippen LogP contribution in [0.5, 0.6) is 0 Å². The van der Waals surface area contributed by atoms with E-state index in [0.29, 0.717) is 5.92 Å². The minimum Gasteiger partial charge on any atom is -0.361 e. The Hall–Kier alpha value is -1.39. The number of nitrogens with zero attached hydrogens (tertiary/aromatic N) is 2. The van der Waals surface area contributed by atoms with Crippen molar-refractivity contribution in [3.63, 3.8) is 0 Å². The topological polar surface area (TPSA) is 22.3 Å². The first-order valence-electron chi connectivity index (χ1n) is 9.01. The summed E-state index contributed by atoms with van der Waals surface area (Å²) in [5, 5.41) is 1.07. The molecule has 25 heavy (non-hydrogen) atoms. The van der Waals surface area contributed by atoms with Gasteiger partial charge in [0.2, 0.25) is 0 Å². The van der Waals surface area contributed by atoms with E-state index >= 15 is 0 Å². The summed E-state index contributed by atoms with van der Waals surface area (Å²) in [5.41, 5.74) is 2.36. The highest BCUT2D eigenvalue weighted by molar-refractivity contribution is 5.83. The second-order valence-electron chi connectivity index (χ2n) is 7.15. The molecule has 1 aromatic carbocycles. The lowest BCUT2D eigenvalue weighted by Crippen LogP contribution is -2.43. The Labute approximate surface area is 152 Å². The van der Waals surface area contributed by atoms with Gasteiger partial charge in [-0.1, -0.05) is 21.3 Å². The van der Waals surface area contributed by atoms with Gasteiger partial charge in [-0.15, -0.1) is 0 Å². The smallest absolute Gasteiger partial charge is 0.123 e. The molecule has 0 radical (unpaired) electrons. The SMILES string of the molecule is C.C.Fc1ccc2[nH]cc(C3CCN(CN4CCCCC4)CC3)c2c1. The molecule has 0 saturated carbocycles. The van der Waals surface area contributed by atoms with Gasteiger partial charge in [-0.2, -0.15) is 0 Å². The monoisotopic (exact) mass is 347 g/mol. The first kappa shape index (κ1) is 19.9. The van der Waals surface area contributed by atoms with Gasteiger partial charge in [0.25, 0.3) is 0 Å². The molecule has 2 aliphatic heterocycles. The largest absolute Gasteiger partial charge is 0.361 e. The second-order valence-corrected chi connectivity index (χ2v) is 7.15. The molecular formula is C21H34FN3. The fourth-order valence-electron chi connectivity index (χ4n) is 4.22. The highest BCUT2D eigenvalue weighted by atomic mass is 19.1. The lowest BCUT2D eigenvalue weighted by Gasteiger charge is -2.37. The highest BCUT2D eigenvalue weighted by Gasteiger charge is 2.24. The summed E-state index contributed by atoms with van der Waals surface area (Å²) in [5.74, 6) is 0.420. The average Bonchev–Trinajstić information content (AvgIpc) is 2.99. The van der Waals surface area contributed by atoms with Crippen molar-refractivity contribution >= 4 is 10.9 Å². The first-order valence-corrected chi connectivity index (χ1v) is 9.01. The Morgan fingerprint density at radius 1 is 0.960 bits per heavy atom. The van der Waals surface area contributed by atoms with Crippen LogP contribution in [0.1, 0.15) is 58.4 Å². The molecule has 2 fully saturated rings. The zero-order chi connectivity index (χ0) is 15.6. The van der Waals surface area contributed by atoms with Gasteiger partial charge in [0.1, 0.15) is 5.82 Å². The number of aromatic nitrogens is 1. The van der Waals surface area contributed by atoms with E-state index in [0.717, 1.165) is 30.7 Å². The van der Waals surface area contributed by atoms with Crippen molar-refractivity contribution in [3.8, 4) is 0 Å². The number of rotatable bonds is 3. The van der Waals surface area contributed by atoms with Crippen molar-refractivity contribution in [2.75, 3.05) is 32.8 Å². The van der Waals surface area contributed by atoms with Crippen LogP contribution < -0.4 is 0 Å². The van der Waals surface area contributed by atoms with Gasteiger partial charge in [0, 0.05) is 17.1 Å². The summed E-state index contributed by atoms with van der Waals surface area (Å²) in [6.45, 7) is 5.98. The maximum atomic E-state index is 13.6. The van der Waals surface area contributed by atoms with Gasteiger partial charge < -0.3 is 4.98 Å². The molecule has 2 saturated heterocycles. The molecule has 1 N–H and O–H groups in total. The summed E-state index contributed by atoms with van der Waals surface area (Å²) < 4.78 is 13.6. The zero-order valence-corrected chi connectivity index (χ0v) is 13.7. The Morgan fingerprint density at radius 2 is 1.64 bits per heavy atom. The number of fused-ring (bicyclic) bond motifs is 1. The summed E-state index contributed by atoms with van der Waals surface area (Å²) in [6, 6.07) is 5.06. The lowest BCUT2D eigenvalue weighted by atomic mass is 9.89. The minimum atomic E-state index is -0.138. The standard InChI is InChI=1S/C19H26FN3.2CH4/c20-16-4-5-19-17(12-16)18(13-21-19)15-6-10-23(11-7-15)14-22-8-2-1-3-9-22;;/h4-5,12-13,15,21H,1-3,6-11,14H2;2*1H4. The predicted molar refractivity (Wildman–Crippen MR) is 106 cm³/mol. The summed E-state index contributed by atoms with van der Waals surface area (Å²) in [6.07, 6.45) is 8.56. The summed E-state index contributed by atoms with van der Waals surface area (Å²) in [7, 11) is 0. The van der Waals surface area contributed by atoms with E-state index in [4.69, 9.17) is 0 Å². The number of hydrogen-bond acceptors (Lipinski definition) is 2. The fraction of sp³-hybridized carbons (Fsp3) is 0.619. The number of nitrogens with one attached hydrogen (secondary N) is 1. The number of halogens is 1. The van der Waals surface area contributed by atoms with Crippen molar-refractivity contribution in [3.05, 3.63) is 35.8 Å². The van der Waals surface area contributed by atoms with Gasteiger partial charge in [-0.05, 0) is 81.5 Å². The highest BCUT2D eigenvalue weighted by Crippen LogP contribution is 2.33. The van der Waals surface area contributed by atoms with Crippen LogP contribution in [0.25, 0.3) is 10.9 Å². The molecule has 4 rings (SSSR count). The normalized spacial score (nSPS) is 20.2. The number of H-pyrrole nitrogens is 1. The molecule has 3 nitrogen and oxygen atoms in total. The number of likely N-dealkylation sites (tertiary alicyclic amines) is 2. The van der Waals surface area contributed by atoms with E-state index in [-0.39, 0.29) is 20.7 Å². The molecular weight excluding hydrogens is 313 g/mol. The van der Waals surface area contributed by atoms with Crippen molar-refractivity contribution in [1.82, 2.24) is 14.8 Å². The van der Waals surface area contributed by atoms with Crippen LogP contribution in [-0.4, -0.2) is 47.6 Å². The number of benzene rings is 1. The van der Waals surface area contributed by atoms with E-state index in [1.165, 1.54) is 56.8 Å². The van der Waals surface area contributed by atoms with Crippen LogP contribution in [0.2, 0.25) is 0 Å². The Morgan fingerprint density at radius 3 is 2.36 bits per heavy atom. The van der Waals surface area contributed by atoms with Crippen molar-refractivity contribution in [2.24, 2.45) is 0 Å². The van der Waals surface area contributed by atoms with Gasteiger partial charge in [0.15, 0.2) is 0 Å². The number of hydrogen-bond donors (Lipinski definition) is 1. The molecule has 0 unspecified atom stereocenters. The quantitative estimate of drug-likeness (QED) is 0.824. The fourth-order valence-corrected chi connectivity index (χ4v) is 4.22. The Kier molecular flexibility index (Phi) is 7.03. The van der Waals surface area contributed by atoms with Gasteiger partial charge in [0.05, 0.1) is 6.67 Å². The van der Waals surface area contributed by atoms with Crippen LogP contribution in [0.15, 0.2) is 24.4 Å². The third kappa shape index (κ3) is 4.42. The number of aromatic amines is 1. The van der Waals surface area contributed by atoms with Crippen LogP contribution in [0, 0.1) is 5.82 Å². The van der Waals surface area contributed by atoms with E-state index in [2.05, 4.69) is 21.0 Å². The minimum absolute atomic E-state index is 0. The molecule has 0 aliphatic carbocycles. The van der Waals surface area contributed by atoms with Crippen molar-refractivity contribution in [1.29, 1.82) is 0 Å². The maximum Gasteiger partial charge on any atom is 0.123 e. The zero-order valence-electron chi connectivity index (χ0n) is 13.7. The third-order valence-corrected chi connectivity index (χ3v) is 5.55. The molecule has 0 atom stereocenters. The molecule has 3 heterocycles. The molecule has 0 spiro atoms. The molecule has 1 aromatic heterocycles. The van der Waals surface area contributed by atoms with Crippen LogP contribution >= 0.6 is 0 Å². The summed E-state index contributed by atoms with van der Waals surface area (Å²) in [4.78, 5) is 8.50. The third-order valence-electron chi connectivity index (χ3n) is 5.55. The van der Waals surface area contributed by atoms with Crippen molar-refractivity contribution < 1.29 is 4.39 Å². The van der Waals surface area contributed by atoms with E-state index in [1.807, 2.05) is 6.07 Å². The van der Waals surface area contributed by atoms with E-state index in [9.17, 15) is 4.39 Å². The lowest BCUT2D eigenvalue weighted by molar-refractivity contribution is 0.0928. The molecule has 2 aromatic rings. The maximum absolute atomic E-state index is 13.6. The molecule has 140 valence electrons. The number of piperidine rings is 2. The van der Waals surface area contributed by atoms with Crippen LogP contribution in [-0.2, 0) is 0 Å². The van der Waals surface area contributed by atoms with Gasteiger partial charge in [-0.25, -0.2) is 4.39 Å². The van der Waals surface area contributed by atoms with E-state index < -0.39 is 0 Å². The van der Waals surface area contributed by atoms with Crippen LogP contribution in [0.4, 0.5) is 4.39 Å². The molecule has 0 bridgehead atoms. The molecule has 2 aliphatic rings. The van der Waals surface area contributed by atoms with E-state index in [1.54, 1.807) is 6.07 Å². The Balaban J connectivity index is 0.00000113. The molecule has 4 heteroatoms. The van der Waals surface area contributed by atoms with Crippen LogP contribution in [0.3, 0.4) is 0 Å².